The van der Waals surface area contributed by atoms with Crippen molar-refractivity contribution in [2.75, 3.05) is 30.3 Å². The van der Waals surface area contributed by atoms with E-state index in [0.717, 1.165) is 17.4 Å². The molecule has 0 saturated carbocycles. The third-order valence-corrected chi connectivity index (χ3v) is 6.28. The van der Waals surface area contributed by atoms with Crippen LogP contribution in [-0.4, -0.2) is 52.0 Å². The zero-order valence-electron chi connectivity index (χ0n) is 17.9. The molecule has 170 valence electrons. The van der Waals surface area contributed by atoms with Crippen molar-refractivity contribution in [3.63, 3.8) is 0 Å². The Morgan fingerprint density at radius 2 is 1.84 bits per heavy atom. The summed E-state index contributed by atoms with van der Waals surface area (Å²) in [6.07, 6.45) is 2.68. The molecule has 0 spiro atoms. The number of carbonyl (C=O) groups excluding carboxylic acids is 3. The Morgan fingerprint density at radius 1 is 1.09 bits per heavy atom. The lowest BCUT2D eigenvalue weighted by Gasteiger charge is -2.29. The fraction of sp³-hybridized carbons (Fsp3) is 0.348. The number of aryl methyl sites for hydroxylation is 1. The number of Topliss-reactive ketones (excluding diaryl/α,β-unsaturated/α-hetero) is 1. The van der Waals surface area contributed by atoms with E-state index in [4.69, 9.17) is 4.74 Å². The summed E-state index contributed by atoms with van der Waals surface area (Å²) in [4.78, 5) is 36.2. The molecule has 0 aromatic heterocycles. The summed E-state index contributed by atoms with van der Waals surface area (Å²) in [5, 5.41) is 2.65. The van der Waals surface area contributed by atoms with Crippen molar-refractivity contribution in [3.8, 4) is 0 Å². The largest absolute Gasteiger partial charge is 0.457 e. The second-order valence-corrected chi connectivity index (χ2v) is 9.54. The van der Waals surface area contributed by atoms with Crippen molar-refractivity contribution < 1.29 is 27.5 Å². The van der Waals surface area contributed by atoms with Crippen molar-refractivity contribution >= 4 is 33.4 Å². The molecule has 1 amide bonds. The van der Waals surface area contributed by atoms with Gasteiger partial charge in [-0.25, -0.2) is 8.42 Å². The number of ketones is 1. The van der Waals surface area contributed by atoms with Crippen LogP contribution in [0.5, 0.6) is 0 Å². The van der Waals surface area contributed by atoms with Crippen LogP contribution in [0.3, 0.4) is 0 Å². The molecule has 0 radical (unpaired) electrons. The first-order chi connectivity index (χ1) is 15.2. The van der Waals surface area contributed by atoms with Gasteiger partial charge in [0.2, 0.25) is 15.9 Å². The lowest BCUT2D eigenvalue weighted by atomic mass is 9.99. The molecule has 9 heteroatoms. The lowest BCUT2D eigenvalue weighted by Crippen LogP contribution is -2.34. The Kier molecular flexibility index (Phi) is 7.63. The minimum Gasteiger partial charge on any atom is -0.457 e. The van der Waals surface area contributed by atoms with Gasteiger partial charge in [0.25, 0.3) is 0 Å². The smallest absolute Gasteiger partial charge is 0.308 e. The van der Waals surface area contributed by atoms with Crippen LogP contribution < -0.4 is 9.62 Å². The van der Waals surface area contributed by atoms with Gasteiger partial charge in [0.15, 0.2) is 12.4 Å². The molecule has 0 unspecified atom stereocenters. The number of hydrogen-bond donors (Lipinski definition) is 1. The van der Waals surface area contributed by atoms with Crippen molar-refractivity contribution in [1.82, 2.24) is 5.32 Å². The maximum absolute atomic E-state index is 12.4. The molecule has 2 aromatic carbocycles. The third kappa shape index (κ3) is 6.40. The molecule has 8 nitrogen and oxygen atoms in total. The summed E-state index contributed by atoms with van der Waals surface area (Å²) >= 11 is 0. The second kappa shape index (κ2) is 10.4. The zero-order chi connectivity index (χ0) is 23.1. The molecule has 2 aromatic rings. The Balaban J connectivity index is 1.45. The molecule has 0 bridgehead atoms. The van der Waals surface area contributed by atoms with E-state index >= 15 is 0 Å². The summed E-state index contributed by atoms with van der Waals surface area (Å²) in [6, 6.07) is 14.1. The second-order valence-electron chi connectivity index (χ2n) is 7.63. The van der Waals surface area contributed by atoms with E-state index in [2.05, 4.69) is 5.32 Å². The highest BCUT2D eigenvalue weighted by molar-refractivity contribution is 7.92. The number of rotatable bonds is 9. The van der Waals surface area contributed by atoms with E-state index in [9.17, 15) is 22.8 Å². The number of amides is 1. The highest BCUT2D eigenvalue weighted by Gasteiger charge is 2.24. The number of nitrogens with one attached hydrogen (secondary N) is 1. The summed E-state index contributed by atoms with van der Waals surface area (Å²) < 4.78 is 30.3. The average molecular weight is 459 g/mol. The van der Waals surface area contributed by atoms with Crippen LogP contribution in [-0.2, 0) is 37.2 Å². The molecule has 0 fully saturated rings. The molecule has 1 N–H and O–H groups in total. The van der Waals surface area contributed by atoms with Crippen molar-refractivity contribution in [2.24, 2.45) is 0 Å². The van der Waals surface area contributed by atoms with E-state index in [1.165, 1.54) is 4.31 Å². The first-order valence-electron chi connectivity index (χ1n) is 10.3. The zero-order valence-corrected chi connectivity index (χ0v) is 18.7. The van der Waals surface area contributed by atoms with Crippen molar-refractivity contribution in [3.05, 3.63) is 65.2 Å². The molecule has 0 atom stereocenters. The van der Waals surface area contributed by atoms with Crippen LogP contribution in [0.4, 0.5) is 5.69 Å². The van der Waals surface area contributed by atoms with E-state index in [-0.39, 0.29) is 31.1 Å². The molecule has 32 heavy (non-hydrogen) atoms. The van der Waals surface area contributed by atoms with Gasteiger partial charge >= 0.3 is 5.97 Å². The monoisotopic (exact) mass is 458 g/mol. The Labute approximate surface area is 187 Å². The maximum Gasteiger partial charge on any atom is 0.308 e. The first-order valence-corrected chi connectivity index (χ1v) is 12.2. The van der Waals surface area contributed by atoms with Crippen LogP contribution in [0.1, 0.15) is 34.3 Å². The summed E-state index contributed by atoms with van der Waals surface area (Å²) in [6.45, 7) is 0.128. The predicted molar refractivity (Wildman–Crippen MR) is 120 cm³/mol. The Bertz CT molecular complexity index is 1100. The van der Waals surface area contributed by atoms with E-state index in [0.29, 0.717) is 30.6 Å². The van der Waals surface area contributed by atoms with Gasteiger partial charge in [-0.2, -0.15) is 0 Å². The van der Waals surface area contributed by atoms with Gasteiger partial charge in [0.05, 0.1) is 24.8 Å². The number of nitrogens with zero attached hydrogens (tertiary/aromatic N) is 1. The molecular formula is C23H26N2O6S. The summed E-state index contributed by atoms with van der Waals surface area (Å²) in [5.74, 6) is -1.15. The van der Waals surface area contributed by atoms with Crippen LogP contribution in [0.25, 0.3) is 0 Å². The number of anilines is 1. The predicted octanol–water partition coefficient (Wildman–Crippen LogP) is 1.87. The number of benzene rings is 2. The van der Waals surface area contributed by atoms with Gasteiger partial charge in [-0.1, -0.05) is 30.3 Å². The molecule has 1 aliphatic heterocycles. The highest BCUT2D eigenvalue weighted by Crippen LogP contribution is 2.30. The van der Waals surface area contributed by atoms with Gasteiger partial charge in [-0.05, 0) is 42.2 Å². The normalized spacial score (nSPS) is 13.2. The number of sulfonamides is 1. The SMILES string of the molecule is CS(=O)(=O)N1CCCc2cc(C(=O)COC(=O)CCNC(=O)Cc3ccccc3)ccc21. The minimum absolute atomic E-state index is 0.0404. The van der Waals surface area contributed by atoms with E-state index in [1.807, 2.05) is 30.3 Å². The number of esters is 1. The van der Waals surface area contributed by atoms with Crippen molar-refractivity contribution in [2.45, 2.75) is 25.7 Å². The summed E-state index contributed by atoms with van der Waals surface area (Å²) in [7, 11) is -3.38. The van der Waals surface area contributed by atoms with Crippen LogP contribution >= 0.6 is 0 Å². The maximum atomic E-state index is 12.4. The molecule has 3 rings (SSSR count). The van der Waals surface area contributed by atoms with E-state index < -0.39 is 22.6 Å². The van der Waals surface area contributed by atoms with Crippen LogP contribution in [0.15, 0.2) is 48.5 Å². The van der Waals surface area contributed by atoms with Gasteiger partial charge < -0.3 is 10.1 Å². The number of hydrogen-bond acceptors (Lipinski definition) is 6. The van der Waals surface area contributed by atoms with Crippen LogP contribution in [0.2, 0.25) is 0 Å². The highest BCUT2D eigenvalue weighted by atomic mass is 32.2. The Hall–Kier alpha value is -3.20. The fourth-order valence-corrected chi connectivity index (χ4v) is 4.53. The number of ether oxygens (including phenoxy) is 1. The van der Waals surface area contributed by atoms with Crippen LogP contribution in [0, 0.1) is 0 Å². The average Bonchev–Trinajstić information content (AvgIpc) is 2.76. The van der Waals surface area contributed by atoms with Crippen molar-refractivity contribution in [1.29, 1.82) is 0 Å². The minimum atomic E-state index is -3.38. The first kappa shape index (κ1) is 23.5. The lowest BCUT2D eigenvalue weighted by molar-refractivity contribution is -0.142. The summed E-state index contributed by atoms with van der Waals surface area (Å²) in [5.41, 5.74) is 2.60. The fourth-order valence-electron chi connectivity index (χ4n) is 3.53. The quantitative estimate of drug-likeness (QED) is 0.454. The molecule has 1 aliphatic rings. The van der Waals surface area contributed by atoms with Gasteiger partial charge in [0.1, 0.15) is 0 Å². The molecular weight excluding hydrogens is 432 g/mol. The van der Waals surface area contributed by atoms with Gasteiger partial charge in [-0.15, -0.1) is 0 Å². The molecule has 0 aliphatic carbocycles. The number of carbonyl (C=O) groups is 3. The van der Waals surface area contributed by atoms with Gasteiger partial charge in [-0.3, -0.25) is 18.7 Å². The van der Waals surface area contributed by atoms with E-state index in [1.54, 1.807) is 18.2 Å². The van der Waals surface area contributed by atoms with Gasteiger partial charge in [0, 0.05) is 18.7 Å². The molecule has 1 heterocycles. The topological polar surface area (TPSA) is 110 Å². The standard InChI is InChI=1S/C23H26N2O6S/c1-32(29,30)25-13-5-8-18-15-19(9-10-20(18)25)21(26)16-31-23(28)11-12-24-22(27)14-17-6-3-2-4-7-17/h2-4,6-7,9-10,15H,5,8,11-14,16H2,1H3,(H,24,27). The molecule has 0 saturated heterocycles. The number of fused-ring (bicyclic) bond motifs is 1. The Morgan fingerprint density at radius 3 is 2.56 bits per heavy atom. The third-order valence-electron chi connectivity index (χ3n) is 5.10.